The summed E-state index contributed by atoms with van der Waals surface area (Å²) in [6, 6.07) is 2.07. The van der Waals surface area contributed by atoms with E-state index < -0.39 is 0 Å². The molecule has 21 heavy (non-hydrogen) atoms. The molecule has 2 aromatic heterocycles. The molecule has 1 aliphatic heterocycles. The fourth-order valence-corrected chi connectivity index (χ4v) is 3.36. The van der Waals surface area contributed by atoms with E-state index in [0.717, 1.165) is 41.6 Å². The number of hydrogen-bond acceptors (Lipinski definition) is 6. The molecule has 0 saturated heterocycles. The van der Waals surface area contributed by atoms with Crippen molar-refractivity contribution in [1.29, 1.82) is 0 Å². The van der Waals surface area contributed by atoms with Gasteiger partial charge in [0.25, 0.3) is 0 Å². The SMILES string of the molecule is Cc1cc(N2CCN=C2NCc2sncc2Br)n(C)n1.I. The monoisotopic (exact) mass is 482 g/mol. The van der Waals surface area contributed by atoms with Gasteiger partial charge in [0.15, 0.2) is 5.96 Å². The number of aryl methyl sites for hydroxylation is 2. The van der Waals surface area contributed by atoms with Gasteiger partial charge in [-0.1, -0.05) is 0 Å². The normalized spacial score (nSPS) is 14.0. The zero-order valence-corrected chi connectivity index (χ0v) is 16.4. The van der Waals surface area contributed by atoms with E-state index in [9.17, 15) is 0 Å². The van der Waals surface area contributed by atoms with Crippen LogP contribution in [0, 0.1) is 6.92 Å². The van der Waals surface area contributed by atoms with Gasteiger partial charge in [-0.05, 0) is 34.4 Å². The number of nitrogens with zero attached hydrogens (tertiary/aromatic N) is 5. The molecule has 114 valence electrons. The first-order valence-electron chi connectivity index (χ1n) is 6.30. The predicted molar refractivity (Wildman–Crippen MR) is 99.7 cm³/mol. The standard InChI is InChI=1S/C12H15BrN6S.HI/c1-8-5-11(18(2)17-8)19-4-3-14-12(19)15-7-10-9(13)6-16-20-10;/h5-6H,3-4,7H2,1-2H3,(H,14,15);1H. The van der Waals surface area contributed by atoms with Crippen LogP contribution in [0.25, 0.3) is 0 Å². The van der Waals surface area contributed by atoms with Gasteiger partial charge in [0, 0.05) is 19.7 Å². The van der Waals surface area contributed by atoms with Crippen LogP contribution in [0.15, 0.2) is 21.7 Å². The van der Waals surface area contributed by atoms with Crippen LogP contribution in [0.1, 0.15) is 10.6 Å². The highest BCUT2D eigenvalue weighted by Gasteiger charge is 2.21. The summed E-state index contributed by atoms with van der Waals surface area (Å²) in [6.07, 6.45) is 1.82. The Bertz CT molecular complexity index is 652. The molecule has 1 aliphatic rings. The first kappa shape index (κ1) is 16.7. The topological polar surface area (TPSA) is 58.3 Å². The molecule has 0 fully saturated rings. The van der Waals surface area contributed by atoms with Crippen LogP contribution >= 0.6 is 51.4 Å². The summed E-state index contributed by atoms with van der Waals surface area (Å²) in [5.41, 5.74) is 1.01. The Kier molecular flexibility index (Phi) is 5.60. The molecule has 3 heterocycles. The van der Waals surface area contributed by atoms with Crippen LogP contribution < -0.4 is 10.2 Å². The van der Waals surface area contributed by atoms with Crippen molar-refractivity contribution in [3.8, 4) is 0 Å². The fourth-order valence-electron chi connectivity index (χ4n) is 2.20. The Labute approximate surface area is 152 Å². The van der Waals surface area contributed by atoms with E-state index in [1.807, 2.05) is 24.9 Å². The lowest BCUT2D eigenvalue weighted by atomic mass is 10.4. The van der Waals surface area contributed by atoms with Crippen LogP contribution in [0.4, 0.5) is 5.82 Å². The first-order chi connectivity index (χ1) is 9.65. The average Bonchev–Trinajstić information content (AvgIpc) is 3.08. The molecule has 0 aromatic carbocycles. The van der Waals surface area contributed by atoms with Crippen molar-refractivity contribution in [2.75, 3.05) is 18.0 Å². The first-order valence-corrected chi connectivity index (χ1v) is 7.87. The van der Waals surface area contributed by atoms with E-state index >= 15 is 0 Å². The zero-order valence-electron chi connectivity index (χ0n) is 11.7. The summed E-state index contributed by atoms with van der Waals surface area (Å²) >= 11 is 4.98. The molecule has 6 nitrogen and oxygen atoms in total. The maximum atomic E-state index is 4.53. The highest BCUT2D eigenvalue weighted by molar-refractivity contribution is 14.0. The number of hydrogen-bond donors (Lipinski definition) is 1. The van der Waals surface area contributed by atoms with Crippen LogP contribution in [0.2, 0.25) is 0 Å². The van der Waals surface area contributed by atoms with Crippen molar-refractivity contribution in [1.82, 2.24) is 19.5 Å². The van der Waals surface area contributed by atoms with E-state index in [4.69, 9.17) is 0 Å². The minimum Gasteiger partial charge on any atom is -0.351 e. The van der Waals surface area contributed by atoms with Crippen molar-refractivity contribution < 1.29 is 0 Å². The van der Waals surface area contributed by atoms with Crippen LogP contribution in [0.3, 0.4) is 0 Å². The van der Waals surface area contributed by atoms with Gasteiger partial charge in [-0.3, -0.25) is 14.6 Å². The van der Waals surface area contributed by atoms with Crippen LogP contribution in [0.5, 0.6) is 0 Å². The lowest BCUT2D eigenvalue weighted by Crippen LogP contribution is -2.39. The maximum Gasteiger partial charge on any atom is 0.200 e. The molecular formula is C12H16BrIN6S. The van der Waals surface area contributed by atoms with E-state index in [0.29, 0.717) is 0 Å². The summed E-state index contributed by atoms with van der Waals surface area (Å²) in [4.78, 5) is 7.86. The Morgan fingerprint density at radius 3 is 2.90 bits per heavy atom. The summed E-state index contributed by atoms with van der Waals surface area (Å²) in [7, 11) is 1.96. The van der Waals surface area contributed by atoms with Gasteiger partial charge in [-0.15, -0.1) is 24.0 Å². The lowest BCUT2D eigenvalue weighted by Gasteiger charge is -2.20. The number of anilines is 1. The van der Waals surface area contributed by atoms with Gasteiger partial charge in [-0.25, -0.2) is 0 Å². The Balaban J connectivity index is 0.00000161. The second-order valence-corrected chi connectivity index (χ2v) is 6.32. The highest BCUT2D eigenvalue weighted by Crippen LogP contribution is 2.21. The van der Waals surface area contributed by atoms with Crippen molar-refractivity contribution in [2.45, 2.75) is 13.5 Å². The second kappa shape index (κ2) is 7.05. The second-order valence-electron chi connectivity index (χ2n) is 4.57. The van der Waals surface area contributed by atoms with Crippen molar-refractivity contribution in [3.05, 3.63) is 27.3 Å². The minimum atomic E-state index is 0. The van der Waals surface area contributed by atoms with Gasteiger partial charge < -0.3 is 5.32 Å². The number of rotatable bonds is 3. The van der Waals surface area contributed by atoms with E-state index in [2.05, 4.69) is 46.7 Å². The number of aliphatic imine (C=N–C) groups is 1. The largest absolute Gasteiger partial charge is 0.351 e. The number of halogens is 2. The highest BCUT2D eigenvalue weighted by atomic mass is 127. The van der Waals surface area contributed by atoms with Crippen LogP contribution in [-0.4, -0.2) is 33.2 Å². The summed E-state index contributed by atoms with van der Waals surface area (Å²) in [5, 5.41) is 7.78. The van der Waals surface area contributed by atoms with Crippen molar-refractivity contribution in [2.24, 2.45) is 12.0 Å². The molecule has 0 atom stereocenters. The van der Waals surface area contributed by atoms with Gasteiger partial charge >= 0.3 is 0 Å². The molecule has 0 unspecified atom stereocenters. The molecular weight excluding hydrogens is 467 g/mol. The van der Waals surface area contributed by atoms with E-state index in [1.165, 1.54) is 16.4 Å². The van der Waals surface area contributed by atoms with E-state index in [-0.39, 0.29) is 24.0 Å². The van der Waals surface area contributed by atoms with Crippen molar-refractivity contribution >= 4 is 63.2 Å². The van der Waals surface area contributed by atoms with Gasteiger partial charge in [0.2, 0.25) is 0 Å². The molecule has 0 saturated carbocycles. The minimum absolute atomic E-state index is 0. The quantitative estimate of drug-likeness (QED) is 0.683. The van der Waals surface area contributed by atoms with Gasteiger partial charge in [0.1, 0.15) is 5.82 Å². The molecule has 0 amide bonds. The molecule has 1 N–H and O–H groups in total. The fraction of sp³-hybridized carbons (Fsp3) is 0.417. The molecule has 0 radical (unpaired) electrons. The lowest BCUT2D eigenvalue weighted by molar-refractivity contribution is 0.743. The molecule has 9 heteroatoms. The Morgan fingerprint density at radius 1 is 1.48 bits per heavy atom. The third-order valence-corrected chi connectivity index (χ3v) is 4.84. The molecule has 2 aromatic rings. The Morgan fingerprint density at radius 2 is 2.29 bits per heavy atom. The summed E-state index contributed by atoms with van der Waals surface area (Å²) in [5.74, 6) is 1.96. The maximum absolute atomic E-state index is 4.53. The van der Waals surface area contributed by atoms with Crippen molar-refractivity contribution in [3.63, 3.8) is 0 Å². The molecule has 3 rings (SSSR count). The predicted octanol–water partition coefficient (Wildman–Crippen LogP) is 2.53. The van der Waals surface area contributed by atoms with Gasteiger partial charge in [0.05, 0.1) is 34.3 Å². The Hall–Kier alpha value is -0.680. The van der Waals surface area contributed by atoms with Gasteiger partial charge in [-0.2, -0.15) is 9.47 Å². The summed E-state index contributed by atoms with van der Waals surface area (Å²) < 4.78 is 7.08. The average molecular weight is 483 g/mol. The third kappa shape index (κ3) is 3.57. The summed E-state index contributed by atoms with van der Waals surface area (Å²) in [6.45, 7) is 4.40. The molecule has 0 bridgehead atoms. The zero-order chi connectivity index (χ0) is 14.1. The molecule has 0 aliphatic carbocycles. The number of aromatic nitrogens is 3. The number of guanidine groups is 1. The molecule has 0 spiro atoms. The number of nitrogens with one attached hydrogen (secondary N) is 1. The van der Waals surface area contributed by atoms with Crippen LogP contribution in [-0.2, 0) is 13.6 Å². The third-order valence-electron chi connectivity index (χ3n) is 3.10. The smallest absolute Gasteiger partial charge is 0.200 e. The van der Waals surface area contributed by atoms with E-state index in [1.54, 1.807) is 0 Å².